The summed E-state index contributed by atoms with van der Waals surface area (Å²) in [6.45, 7) is 0.584. The summed E-state index contributed by atoms with van der Waals surface area (Å²) in [5, 5.41) is 2.91. The average Bonchev–Trinajstić information content (AvgIpc) is 2.73. The molecule has 2 aromatic heterocycles. The third-order valence-electron chi connectivity index (χ3n) is 5.03. The van der Waals surface area contributed by atoms with Gasteiger partial charge in [-0.05, 0) is 42.3 Å². The average molecular weight is 438 g/mol. The summed E-state index contributed by atoms with van der Waals surface area (Å²) in [6, 6.07) is 9.27. The molecular weight excluding hydrogens is 422 g/mol. The second-order valence-electron chi connectivity index (χ2n) is 7.04. The van der Waals surface area contributed by atoms with E-state index in [0.717, 1.165) is 29.5 Å². The summed E-state index contributed by atoms with van der Waals surface area (Å²) in [5.41, 5.74) is 0.133. The molecule has 0 saturated carbocycles. The van der Waals surface area contributed by atoms with Gasteiger partial charge in [0.15, 0.2) is 0 Å². The van der Waals surface area contributed by atoms with E-state index in [4.69, 9.17) is 0 Å². The van der Waals surface area contributed by atoms with Gasteiger partial charge in [0.25, 0.3) is 0 Å². The van der Waals surface area contributed by atoms with Crippen molar-refractivity contribution in [2.75, 3.05) is 16.8 Å². The van der Waals surface area contributed by atoms with Crippen molar-refractivity contribution in [3.63, 3.8) is 0 Å². The van der Waals surface area contributed by atoms with Gasteiger partial charge >= 0.3 is 12.4 Å². The highest BCUT2D eigenvalue weighted by Gasteiger charge is 2.35. The number of halogens is 6. The number of fused-ring (bicyclic) bond motifs is 1. The second kappa shape index (κ2) is 7.75. The molecule has 0 aliphatic carbocycles. The van der Waals surface area contributed by atoms with Crippen LogP contribution in [-0.4, -0.2) is 16.5 Å². The number of aromatic nitrogens is 2. The van der Waals surface area contributed by atoms with Crippen LogP contribution in [0.5, 0.6) is 0 Å². The molecule has 0 amide bonds. The lowest BCUT2D eigenvalue weighted by Gasteiger charge is -2.33. The summed E-state index contributed by atoms with van der Waals surface area (Å²) in [5.74, 6) is 0.618. The first-order valence-electron chi connectivity index (χ1n) is 9.31. The summed E-state index contributed by atoms with van der Waals surface area (Å²) < 4.78 is 78.3. The van der Waals surface area contributed by atoms with E-state index in [1.165, 1.54) is 24.4 Å². The van der Waals surface area contributed by atoms with Gasteiger partial charge in [0.2, 0.25) is 0 Å². The third kappa shape index (κ3) is 4.42. The second-order valence-corrected chi connectivity index (χ2v) is 7.04. The van der Waals surface area contributed by atoms with Crippen molar-refractivity contribution in [2.24, 2.45) is 0 Å². The molecule has 0 atom stereocenters. The zero-order chi connectivity index (χ0) is 22.2. The molecule has 31 heavy (non-hydrogen) atoms. The number of para-hydroxylation sites is 1. The quantitative estimate of drug-likeness (QED) is 0.523. The van der Waals surface area contributed by atoms with Crippen LogP contribution < -0.4 is 10.2 Å². The third-order valence-corrected chi connectivity index (χ3v) is 5.03. The van der Waals surface area contributed by atoms with Crippen molar-refractivity contribution in [1.29, 1.82) is 0 Å². The van der Waals surface area contributed by atoms with Gasteiger partial charge in [-0.1, -0.05) is 12.1 Å². The molecule has 3 aromatic rings. The topological polar surface area (TPSA) is 41.1 Å². The fourth-order valence-corrected chi connectivity index (χ4v) is 3.55. The molecule has 0 saturated heterocycles. The first-order valence-corrected chi connectivity index (χ1v) is 9.31. The number of nitrogens with one attached hydrogen (secondary N) is 1. The Bertz CT molecular complexity index is 1080. The molecular formula is C21H16F6N4. The number of nitrogens with zero attached hydrogens (tertiary/aromatic N) is 3. The lowest BCUT2D eigenvalue weighted by atomic mass is 9.99. The Morgan fingerprint density at radius 2 is 1.65 bits per heavy atom. The van der Waals surface area contributed by atoms with Crippen LogP contribution in [0.1, 0.15) is 22.3 Å². The number of hydrogen-bond donors (Lipinski definition) is 1. The van der Waals surface area contributed by atoms with Crippen LogP contribution in [0.25, 0.3) is 0 Å². The maximum atomic E-state index is 13.4. The smallest absolute Gasteiger partial charge is 0.366 e. The number of pyridine rings is 2. The van der Waals surface area contributed by atoms with Crippen molar-refractivity contribution in [1.82, 2.24) is 9.97 Å². The van der Waals surface area contributed by atoms with Crippen molar-refractivity contribution in [2.45, 2.75) is 25.3 Å². The molecule has 1 aliphatic rings. The van der Waals surface area contributed by atoms with Crippen LogP contribution in [0.15, 0.2) is 54.9 Å². The minimum atomic E-state index is -4.48. The zero-order valence-electron chi connectivity index (χ0n) is 15.9. The Hall–Kier alpha value is -3.30. The van der Waals surface area contributed by atoms with Crippen molar-refractivity contribution < 1.29 is 26.3 Å². The Morgan fingerprint density at radius 1 is 0.871 bits per heavy atom. The van der Waals surface area contributed by atoms with Crippen LogP contribution in [0.4, 0.5) is 43.7 Å². The standard InChI is InChI=1S/C21H16F6N4/c22-20(23,24)14-5-6-18(29-11-14)30-19-15-8-10-31(12-13(15)7-9-28-19)17-4-2-1-3-16(17)21(25,26)27/h1-7,9,11H,8,10,12H2,(H,28,29,30). The van der Waals surface area contributed by atoms with Gasteiger partial charge in [0.1, 0.15) is 11.6 Å². The van der Waals surface area contributed by atoms with Gasteiger partial charge in [0.05, 0.1) is 11.1 Å². The fraction of sp³-hybridized carbons (Fsp3) is 0.238. The molecule has 1 N–H and O–H groups in total. The molecule has 162 valence electrons. The summed E-state index contributed by atoms with van der Waals surface area (Å²) in [7, 11) is 0. The van der Waals surface area contributed by atoms with E-state index in [2.05, 4.69) is 15.3 Å². The SMILES string of the molecule is FC(F)(F)c1ccc(Nc2nccc3c2CCN(c2ccccc2C(F)(F)F)C3)nc1. The molecule has 1 aromatic carbocycles. The molecule has 3 heterocycles. The maximum Gasteiger partial charge on any atom is 0.418 e. The van der Waals surface area contributed by atoms with Gasteiger partial charge < -0.3 is 10.2 Å². The summed E-state index contributed by atoms with van der Waals surface area (Å²) in [6.07, 6.45) is -6.29. The Morgan fingerprint density at radius 3 is 2.32 bits per heavy atom. The van der Waals surface area contributed by atoms with Gasteiger partial charge in [-0.3, -0.25) is 0 Å². The number of rotatable bonds is 3. The minimum absolute atomic E-state index is 0.108. The van der Waals surface area contributed by atoms with Crippen molar-refractivity contribution in [3.05, 3.63) is 77.1 Å². The maximum absolute atomic E-state index is 13.4. The van der Waals surface area contributed by atoms with Crippen LogP contribution in [0.2, 0.25) is 0 Å². The van der Waals surface area contributed by atoms with Gasteiger partial charge in [-0.25, -0.2) is 9.97 Å². The predicted molar refractivity (Wildman–Crippen MR) is 103 cm³/mol. The molecule has 0 bridgehead atoms. The number of hydrogen-bond acceptors (Lipinski definition) is 4. The lowest BCUT2D eigenvalue weighted by molar-refractivity contribution is -0.138. The van der Waals surface area contributed by atoms with E-state index in [0.29, 0.717) is 18.8 Å². The van der Waals surface area contributed by atoms with Crippen LogP contribution in [-0.2, 0) is 25.3 Å². The highest BCUT2D eigenvalue weighted by molar-refractivity contribution is 5.62. The molecule has 4 rings (SSSR count). The lowest BCUT2D eigenvalue weighted by Crippen LogP contribution is -2.32. The molecule has 1 aliphatic heterocycles. The Balaban J connectivity index is 1.58. The van der Waals surface area contributed by atoms with Gasteiger partial charge in [0, 0.05) is 36.7 Å². The largest absolute Gasteiger partial charge is 0.418 e. The first kappa shape index (κ1) is 21.0. The van der Waals surface area contributed by atoms with E-state index >= 15 is 0 Å². The minimum Gasteiger partial charge on any atom is -0.366 e. The monoisotopic (exact) mass is 438 g/mol. The van der Waals surface area contributed by atoms with Crippen molar-refractivity contribution >= 4 is 17.3 Å². The molecule has 10 heteroatoms. The van der Waals surface area contributed by atoms with Crippen molar-refractivity contribution in [3.8, 4) is 0 Å². The van der Waals surface area contributed by atoms with E-state index < -0.39 is 23.5 Å². The van der Waals surface area contributed by atoms with E-state index in [1.807, 2.05) is 0 Å². The van der Waals surface area contributed by atoms with E-state index in [9.17, 15) is 26.3 Å². The van der Waals surface area contributed by atoms with E-state index in [1.54, 1.807) is 17.0 Å². The van der Waals surface area contributed by atoms with Crippen LogP contribution in [0, 0.1) is 0 Å². The Kier molecular flexibility index (Phi) is 5.24. The highest BCUT2D eigenvalue weighted by atomic mass is 19.4. The van der Waals surface area contributed by atoms with Gasteiger partial charge in [-0.2, -0.15) is 26.3 Å². The number of anilines is 3. The summed E-state index contributed by atoms with van der Waals surface area (Å²) >= 11 is 0. The molecule has 4 nitrogen and oxygen atoms in total. The highest BCUT2D eigenvalue weighted by Crippen LogP contribution is 2.38. The fourth-order valence-electron chi connectivity index (χ4n) is 3.55. The molecule has 0 radical (unpaired) electrons. The zero-order valence-corrected chi connectivity index (χ0v) is 15.9. The van der Waals surface area contributed by atoms with E-state index in [-0.39, 0.29) is 18.1 Å². The predicted octanol–water partition coefficient (Wildman–Crippen LogP) is 5.82. The summed E-state index contributed by atoms with van der Waals surface area (Å²) in [4.78, 5) is 9.68. The molecule has 0 fully saturated rings. The van der Waals surface area contributed by atoms with Crippen LogP contribution in [0.3, 0.4) is 0 Å². The molecule has 0 unspecified atom stereocenters. The Labute approximate surface area is 173 Å². The molecule has 0 spiro atoms. The number of alkyl halides is 6. The normalized spacial score (nSPS) is 14.3. The first-order chi connectivity index (χ1) is 14.6. The van der Waals surface area contributed by atoms with Gasteiger partial charge in [-0.15, -0.1) is 0 Å². The van der Waals surface area contributed by atoms with Crippen LogP contribution >= 0.6 is 0 Å². The number of benzene rings is 1.